The molecule has 0 amide bonds. The second kappa shape index (κ2) is 10.4. The quantitative estimate of drug-likeness (QED) is 0.305. The van der Waals surface area contributed by atoms with E-state index in [0.29, 0.717) is 24.2 Å². The first-order valence-electron chi connectivity index (χ1n) is 13.2. The number of nitrogens with zero attached hydrogens (tertiary/aromatic N) is 4. The van der Waals surface area contributed by atoms with Crippen LogP contribution in [-0.4, -0.2) is 45.5 Å². The summed E-state index contributed by atoms with van der Waals surface area (Å²) in [4.78, 5) is 24.1. The molecule has 6 nitrogen and oxygen atoms in total. The molecule has 2 aliphatic heterocycles. The third kappa shape index (κ3) is 5.19. The van der Waals surface area contributed by atoms with Gasteiger partial charge in [0.2, 0.25) is 0 Å². The first-order chi connectivity index (χ1) is 19.5. The Morgan fingerprint density at radius 2 is 1.68 bits per heavy atom. The molecule has 0 bridgehead atoms. The average Bonchev–Trinajstić information content (AvgIpc) is 3.11. The number of nitrogens with one attached hydrogen (secondary N) is 1. The highest BCUT2D eigenvalue weighted by molar-refractivity contribution is 7.99. The van der Waals surface area contributed by atoms with Gasteiger partial charge in [0.1, 0.15) is 17.5 Å². The predicted molar refractivity (Wildman–Crippen MR) is 148 cm³/mol. The Kier molecular flexibility index (Phi) is 7.01. The fourth-order valence-corrected chi connectivity index (χ4v) is 7.28. The zero-order valence-corrected chi connectivity index (χ0v) is 23.0. The van der Waals surface area contributed by atoms with Crippen LogP contribution in [0.4, 0.5) is 27.8 Å². The van der Waals surface area contributed by atoms with Crippen molar-refractivity contribution in [2.45, 2.75) is 49.5 Å². The van der Waals surface area contributed by atoms with Crippen LogP contribution in [0.25, 0.3) is 22.0 Å². The molecule has 2 aromatic heterocycles. The summed E-state index contributed by atoms with van der Waals surface area (Å²) < 4.78 is 73.7. The second-order valence-corrected chi connectivity index (χ2v) is 11.7. The van der Waals surface area contributed by atoms with Gasteiger partial charge in [0.15, 0.2) is 0 Å². The van der Waals surface area contributed by atoms with Crippen LogP contribution in [0.1, 0.15) is 30.9 Å². The molecule has 4 aromatic rings. The first kappa shape index (κ1) is 27.6. The Labute approximate surface area is 236 Å². The van der Waals surface area contributed by atoms with Gasteiger partial charge in [-0.05, 0) is 49.2 Å². The van der Waals surface area contributed by atoms with Gasteiger partial charge in [-0.3, -0.25) is 9.55 Å². The van der Waals surface area contributed by atoms with Gasteiger partial charge in [-0.25, -0.2) is 13.6 Å². The summed E-state index contributed by atoms with van der Waals surface area (Å²) in [6.45, 7) is 4.92. The van der Waals surface area contributed by atoms with Crippen LogP contribution in [0.2, 0.25) is 0 Å². The lowest BCUT2D eigenvalue weighted by Gasteiger charge is -2.37. The van der Waals surface area contributed by atoms with Gasteiger partial charge >= 0.3 is 11.9 Å². The van der Waals surface area contributed by atoms with E-state index in [9.17, 15) is 26.7 Å². The molecular weight excluding hydrogens is 561 g/mol. The molecule has 0 unspecified atom stereocenters. The van der Waals surface area contributed by atoms with E-state index in [-0.39, 0.29) is 51.6 Å². The Morgan fingerprint density at radius 1 is 0.976 bits per heavy atom. The zero-order chi connectivity index (χ0) is 29.1. The number of pyridine rings is 1. The maximum Gasteiger partial charge on any atom is 0.417 e. The SMILES string of the molecule is C[C@@H]1CN(c2nc(=O)n3c4c(c(-c5ccc(F)cc5)c(C(F)(F)F)cc24)SC[C@@H](c2cncc(F)c2)C3)C[C@H](C)N1. The van der Waals surface area contributed by atoms with Gasteiger partial charge in [0, 0.05) is 65.4 Å². The van der Waals surface area contributed by atoms with Crippen LogP contribution in [0.3, 0.4) is 0 Å². The molecule has 214 valence electrons. The third-order valence-electron chi connectivity index (χ3n) is 7.52. The number of benzene rings is 2. The topological polar surface area (TPSA) is 63.1 Å². The molecule has 2 aromatic carbocycles. The molecule has 6 rings (SSSR count). The van der Waals surface area contributed by atoms with E-state index in [1.165, 1.54) is 40.7 Å². The van der Waals surface area contributed by atoms with Crippen molar-refractivity contribution in [3.05, 3.63) is 82.0 Å². The van der Waals surface area contributed by atoms with Gasteiger partial charge < -0.3 is 10.2 Å². The van der Waals surface area contributed by atoms with Crippen molar-refractivity contribution < 1.29 is 22.0 Å². The number of halogens is 5. The van der Waals surface area contributed by atoms with Crippen molar-refractivity contribution in [2.75, 3.05) is 23.7 Å². The van der Waals surface area contributed by atoms with E-state index in [2.05, 4.69) is 15.3 Å². The van der Waals surface area contributed by atoms with E-state index in [1.807, 2.05) is 18.7 Å². The molecule has 4 heterocycles. The number of hydrogen-bond donors (Lipinski definition) is 1. The monoisotopic (exact) mass is 587 g/mol. The number of thioether (sulfide) groups is 1. The number of aromatic nitrogens is 3. The van der Waals surface area contributed by atoms with Gasteiger partial charge in [-0.1, -0.05) is 12.1 Å². The fourth-order valence-electron chi connectivity index (χ4n) is 5.88. The minimum absolute atomic E-state index is 0.0213. The van der Waals surface area contributed by atoms with Crippen LogP contribution in [0.15, 0.2) is 58.5 Å². The highest BCUT2D eigenvalue weighted by Gasteiger charge is 2.39. The molecule has 12 heteroatoms. The molecule has 1 fully saturated rings. The lowest BCUT2D eigenvalue weighted by atomic mass is 9.96. The lowest BCUT2D eigenvalue weighted by Crippen LogP contribution is -2.55. The van der Waals surface area contributed by atoms with Crippen molar-refractivity contribution >= 4 is 28.5 Å². The van der Waals surface area contributed by atoms with Crippen molar-refractivity contribution in [2.24, 2.45) is 0 Å². The third-order valence-corrected chi connectivity index (χ3v) is 8.78. The summed E-state index contributed by atoms with van der Waals surface area (Å²) in [6, 6.07) is 7.29. The Hall–Kier alpha value is -3.51. The largest absolute Gasteiger partial charge is 0.417 e. The average molecular weight is 588 g/mol. The number of alkyl halides is 3. The summed E-state index contributed by atoms with van der Waals surface area (Å²) in [5, 5.41) is 3.60. The lowest BCUT2D eigenvalue weighted by molar-refractivity contribution is -0.137. The molecular formula is C29H26F5N5OS. The molecule has 41 heavy (non-hydrogen) atoms. The maximum absolute atomic E-state index is 14.8. The number of anilines is 1. The summed E-state index contributed by atoms with van der Waals surface area (Å²) in [5.74, 6) is -1.10. The van der Waals surface area contributed by atoms with Crippen LogP contribution < -0.4 is 15.9 Å². The maximum atomic E-state index is 14.8. The standard InChI is InChI=1S/C29H26F5N5OS/c1-15-11-38(12-16(2)36-15)27-22-8-23(29(32,33)34)24(17-3-5-20(30)6-4-17)26-25(22)39(28(40)37-27)13-19(14-41-26)18-7-21(31)10-35-9-18/h3-10,15-16,19,36H,11-14H2,1-2H3/t15-,16+,19-/m0/s1. The van der Waals surface area contributed by atoms with Crippen molar-refractivity contribution in [3.8, 4) is 11.1 Å². The second-order valence-electron chi connectivity index (χ2n) is 10.7. The summed E-state index contributed by atoms with van der Waals surface area (Å²) in [5.41, 5.74) is -0.582. The van der Waals surface area contributed by atoms with E-state index in [4.69, 9.17) is 0 Å². The highest BCUT2D eigenvalue weighted by atomic mass is 32.2. The Morgan fingerprint density at radius 3 is 2.34 bits per heavy atom. The summed E-state index contributed by atoms with van der Waals surface area (Å²) in [6.07, 6.45) is -2.18. The molecule has 1 saturated heterocycles. The van der Waals surface area contributed by atoms with Crippen LogP contribution in [-0.2, 0) is 12.7 Å². The Balaban J connectivity index is 1.67. The molecule has 3 atom stereocenters. The van der Waals surface area contributed by atoms with Crippen LogP contribution >= 0.6 is 11.8 Å². The molecule has 0 aliphatic carbocycles. The number of piperazine rings is 1. The normalized spacial score (nSPS) is 21.2. The number of hydrogen-bond acceptors (Lipinski definition) is 6. The van der Waals surface area contributed by atoms with Gasteiger partial charge in [-0.15, -0.1) is 11.8 Å². The Bertz CT molecular complexity index is 1680. The van der Waals surface area contributed by atoms with Crippen molar-refractivity contribution in [1.82, 2.24) is 19.9 Å². The van der Waals surface area contributed by atoms with Crippen LogP contribution in [0, 0.1) is 11.6 Å². The van der Waals surface area contributed by atoms with E-state index in [0.717, 1.165) is 24.4 Å². The molecule has 2 aliphatic rings. The van der Waals surface area contributed by atoms with Crippen molar-refractivity contribution in [3.63, 3.8) is 0 Å². The van der Waals surface area contributed by atoms with Gasteiger partial charge in [-0.2, -0.15) is 18.2 Å². The van der Waals surface area contributed by atoms with E-state index in [1.54, 1.807) is 0 Å². The predicted octanol–water partition coefficient (Wildman–Crippen LogP) is 5.83. The number of rotatable bonds is 3. The minimum atomic E-state index is -4.75. The highest BCUT2D eigenvalue weighted by Crippen LogP contribution is 2.49. The van der Waals surface area contributed by atoms with E-state index < -0.39 is 35.0 Å². The fraction of sp³-hybridized carbons (Fsp3) is 0.345. The van der Waals surface area contributed by atoms with Gasteiger partial charge in [0.25, 0.3) is 0 Å². The zero-order valence-electron chi connectivity index (χ0n) is 22.2. The first-order valence-corrected chi connectivity index (χ1v) is 14.2. The summed E-state index contributed by atoms with van der Waals surface area (Å²) >= 11 is 1.17. The minimum Gasteiger partial charge on any atom is -0.353 e. The molecule has 0 saturated carbocycles. The van der Waals surface area contributed by atoms with Gasteiger partial charge in [0.05, 0.1) is 17.3 Å². The molecule has 0 spiro atoms. The van der Waals surface area contributed by atoms with Crippen molar-refractivity contribution in [1.29, 1.82) is 0 Å². The van der Waals surface area contributed by atoms with E-state index >= 15 is 0 Å². The van der Waals surface area contributed by atoms with Crippen LogP contribution in [0.5, 0.6) is 0 Å². The smallest absolute Gasteiger partial charge is 0.353 e. The molecule has 0 radical (unpaired) electrons. The summed E-state index contributed by atoms with van der Waals surface area (Å²) in [7, 11) is 0. The molecule has 1 N–H and O–H groups in total.